The highest BCUT2D eigenvalue weighted by Crippen LogP contribution is 2.38. The van der Waals surface area contributed by atoms with Crippen molar-refractivity contribution in [2.45, 2.75) is 52.7 Å². The molecule has 3 aromatic carbocycles. The molecule has 0 aliphatic rings. The predicted molar refractivity (Wildman–Crippen MR) is 165 cm³/mol. The molecule has 0 fully saturated rings. The van der Waals surface area contributed by atoms with Crippen LogP contribution >= 0.6 is 0 Å². The molecule has 0 unspecified atom stereocenters. The Balaban J connectivity index is 1.63. The molecule has 4 rings (SSSR count). The van der Waals surface area contributed by atoms with Crippen molar-refractivity contribution in [1.29, 1.82) is 0 Å². The van der Waals surface area contributed by atoms with E-state index in [1.807, 2.05) is 37.3 Å². The van der Waals surface area contributed by atoms with Gasteiger partial charge in [-0.05, 0) is 43.5 Å². The lowest BCUT2D eigenvalue weighted by Crippen LogP contribution is -2.19. The standard InChI is InChI=1S/C33H38N4O7/c1-7-12-24(8-2)44-27-16-15-23(33(39)42-6)17-25(27)34-32(38)31-21(3)37(36-35-31)26-18-29(41-5)30(19-28(26)40-4)43-20-22-13-10-9-11-14-22/h9-11,13-19,24H,7-8,12,20H2,1-6H3,(H,34,38)/t24-/m0/s1. The summed E-state index contributed by atoms with van der Waals surface area (Å²) in [5.74, 6) is 0.756. The molecular weight excluding hydrogens is 564 g/mol. The average Bonchev–Trinajstić information content (AvgIpc) is 3.44. The van der Waals surface area contributed by atoms with Crippen LogP contribution in [0.4, 0.5) is 5.69 Å². The summed E-state index contributed by atoms with van der Waals surface area (Å²) in [7, 11) is 4.37. The highest BCUT2D eigenvalue weighted by Gasteiger charge is 2.23. The fourth-order valence-corrected chi connectivity index (χ4v) is 4.64. The zero-order valence-electron chi connectivity index (χ0n) is 25.9. The molecule has 44 heavy (non-hydrogen) atoms. The molecule has 0 aliphatic heterocycles. The monoisotopic (exact) mass is 602 g/mol. The second-order valence-electron chi connectivity index (χ2n) is 9.98. The number of benzene rings is 3. The molecule has 1 amide bonds. The van der Waals surface area contributed by atoms with Gasteiger partial charge in [-0.1, -0.05) is 55.8 Å². The van der Waals surface area contributed by atoms with Crippen molar-refractivity contribution < 1.29 is 33.3 Å². The molecule has 0 bridgehead atoms. The summed E-state index contributed by atoms with van der Waals surface area (Å²) in [6.45, 7) is 6.18. The second kappa shape index (κ2) is 14.9. The van der Waals surface area contributed by atoms with Gasteiger partial charge in [-0.2, -0.15) is 0 Å². The molecule has 0 saturated heterocycles. The number of anilines is 1. The number of rotatable bonds is 14. The first-order chi connectivity index (χ1) is 21.3. The highest BCUT2D eigenvalue weighted by atomic mass is 16.5. The minimum absolute atomic E-state index is 0.0515. The van der Waals surface area contributed by atoms with E-state index in [4.69, 9.17) is 23.7 Å². The van der Waals surface area contributed by atoms with E-state index in [1.165, 1.54) is 25.0 Å². The number of hydrogen-bond acceptors (Lipinski definition) is 9. The van der Waals surface area contributed by atoms with Gasteiger partial charge in [0.25, 0.3) is 5.91 Å². The van der Waals surface area contributed by atoms with Crippen molar-refractivity contribution in [1.82, 2.24) is 15.0 Å². The topological polar surface area (TPSA) is 123 Å². The average molecular weight is 603 g/mol. The molecule has 11 nitrogen and oxygen atoms in total. The molecule has 1 aromatic heterocycles. The first kappa shape index (κ1) is 31.9. The summed E-state index contributed by atoms with van der Waals surface area (Å²) in [6, 6.07) is 18.0. The van der Waals surface area contributed by atoms with Crippen molar-refractivity contribution in [2.24, 2.45) is 0 Å². The number of nitrogens with one attached hydrogen (secondary N) is 1. The van der Waals surface area contributed by atoms with E-state index in [-0.39, 0.29) is 17.4 Å². The Bertz CT molecular complexity index is 1590. The van der Waals surface area contributed by atoms with E-state index in [1.54, 1.807) is 38.3 Å². The summed E-state index contributed by atoms with van der Waals surface area (Å²) in [5, 5.41) is 11.3. The van der Waals surface area contributed by atoms with Crippen LogP contribution in [0.15, 0.2) is 60.7 Å². The molecule has 232 valence electrons. The largest absolute Gasteiger partial charge is 0.494 e. The molecule has 0 radical (unpaired) electrons. The van der Waals surface area contributed by atoms with Crippen molar-refractivity contribution in [3.63, 3.8) is 0 Å². The van der Waals surface area contributed by atoms with Gasteiger partial charge < -0.3 is 29.0 Å². The summed E-state index contributed by atoms with van der Waals surface area (Å²) < 4.78 is 29.9. The summed E-state index contributed by atoms with van der Waals surface area (Å²) >= 11 is 0. The minimum Gasteiger partial charge on any atom is -0.494 e. The molecule has 11 heteroatoms. The fraction of sp³-hybridized carbons (Fsp3) is 0.333. The Morgan fingerprint density at radius 3 is 2.32 bits per heavy atom. The van der Waals surface area contributed by atoms with Crippen LogP contribution in [0, 0.1) is 6.92 Å². The number of carbonyl (C=O) groups is 2. The third-order valence-corrected chi connectivity index (χ3v) is 7.05. The third kappa shape index (κ3) is 7.28. The Morgan fingerprint density at radius 1 is 0.909 bits per heavy atom. The van der Waals surface area contributed by atoms with Crippen molar-refractivity contribution in [3.05, 3.63) is 83.2 Å². The number of amides is 1. The van der Waals surface area contributed by atoms with Crippen molar-refractivity contribution in [2.75, 3.05) is 26.6 Å². The normalized spacial score (nSPS) is 11.4. The van der Waals surface area contributed by atoms with Gasteiger partial charge in [-0.15, -0.1) is 5.10 Å². The maximum atomic E-state index is 13.5. The van der Waals surface area contributed by atoms with Crippen LogP contribution in [0.3, 0.4) is 0 Å². The molecule has 0 saturated carbocycles. The van der Waals surface area contributed by atoms with Gasteiger partial charge in [0.1, 0.15) is 23.8 Å². The smallest absolute Gasteiger partial charge is 0.337 e. The zero-order chi connectivity index (χ0) is 31.6. The van der Waals surface area contributed by atoms with Crippen molar-refractivity contribution >= 4 is 17.6 Å². The van der Waals surface area contributed by atoms with E-state index >= 15 is 0 Å². The second-order valence-corrected chi connectivity index (χ2v) is 9.98. The van der Waals surface area contributed by atoms with Gasteiger partial charge in [-0.25, -0.2) is 9.48 Å². The lowest BCUT2D eigenvalue weighted by molar-refractivity contribution is 0.0600. The van der Waals surface area contributed by atoms with Crippen LogP contribution < -0.4 is 24.3 Å². The number of methoxy groups -OCH3 is 3. The van der Waals surface area contributed by atoms with Crippen LogP contribution in [0.25, 0.3) is 5.69 Å². The first-order valence-electron chi connectivity index (χ1n) is 14.4. The molecule has 1 atom stereocenters. The van der Waals surface area contributed by atoms with Gasteiger partial charge in [0, 0.05) is 12.1 Å². The highest BCUT2D eigenvalue weighted by molar-refractivity contribution is 6.05. The summed E-state index contributed by atoms with van der Waals surface area (Å²) in [4.78, 5) is 25.8. The number of aromatic nitrogens is 3. The predicted octanol–water partition coefficient (Wildman–Crippen LogP) is 6.17. The van der Waals surface area contributed by atoms with E-state index < -0.39 is 11.9 Å². The number of carbonyl (C=O) groups excluding carboxylic acids is 2. The molecule has 4 aromatic rings. The lowest BCUT2D eigenvalue weighted by Gasteiger charge is -2.20. The number of nitrogens with zero attached hydrogens (tertiary/aromatic N) is 3. The number of ether oxygens (including phenoxy) is 5. The fourth-order valence-electron chi connectivity index (χ4n) is 4.64. The van der Waals surface area contributed by atoms with E-state index in [2.05, 4.69) is 22.6 Å². The van der Waals surface area contributed by atoms with Gasteiger partial charge in [0.15, 0.2) is 17.2 Å². The molecule has 1 N–H and O–H groups in total. The zero-order valence-corrected chi connectivity index (χ0v) is 25.9. The quantitative estimate of drug-likeness (QED) is 0.169. The summed E-state index contributed by atoms with van der Waals surface area (Å²) in [6.07, 6.45) is 2.52. The molecular formula is C33H38N4O7. The Morgan fingerprint density at radius 2 is 1.66 bits per heavy atom. The minimum atomic E-state index is -0.535. The third-order valence-electron chi connectivity index (χ3n) is 7.05. The summed E-state index contributed by atoms with van der Waals surface area (Å²) in [5.41, 5.74) is 2.62. The van der Waals surface area contributed by atoms with Crippen molar-refractivity contribution in [3.8, 4) is 28.7 Å². The molecule has 0 spiro atoms. The van der Waals surface area contributed by atoms with Gasteiger partial charge >= 0.3 is 5.97 Å². The number of hydrogen-bond donors (Lipinski definition) is 1. The van der Waals surface area contributed by atoms with Gasteiger partial charge in [0.05, 0.1) is 44.4 Å². The van der Waals surface area contributed by atoms with Crippen LogP contribution in [-0.4, -0.2) is 54.3 Å². The Hall–Kier alpha value is -5.06. The van der Waals surface area contributed by atoms with Crippen LogP contribution in [0.5, 0.6) is 23.0 Å². The van der Waals surface area contributed by atoms with E-state index in [9.17, 15) is 9.59 Å². The molecule has 0 aliphatic carbocycles. The van der Waals surface area contributed by atoms with Gasteiger partial charge in [0.2, 0.25) is 0 Å². The van der Waals surface area contributed by atoms with E-state index in [0.29, 0.717) is 46.7 Å². The number of esters is 1. The van der Waals surface area contributed by atoms with E-state index in [0.717, 1.165) is 24.8 Å². The Kier molecular flexibility index (Phi) is 10.8. The van der Waals surface area contributed by atoms with Crippen LogP contribution in [0.2, 0.25) is 0 Å². The van der Waals surface area contributed by atoms with Crippen LogP contribution in [-0.2, 0) is 11.3 Å². The maximum Gasteiger partial charge on any atom is 0.337 e. The lowest BCUT2D eigenvalue weighted by atomic mass is 10.1. The first-order valence-corrected chi connectivity index (χ1v) is 14.4. The Labute approximate surface area is 257 Å². The maximum absolute atomic E-state index is 13.5. The SMILES string of the molecule is CCC[C@H](CC)Oc1ccc(C(=O)OC)cc1NC(=O)c1nnn(-c2cc(OC)c(OCc3ccccc3)cc2OC)c1C. The molecule has 1 heterocycles. The van der Waals surface area contributed by atoms with Gasteiger partial charge in [-0.3, -0.25) is 4.79 Å². The van der Waals surface area contributed by atoms with Crippen LogP contribution in [0.1, 0.15) is 65.2 Å².